The van der Waals surface area contributed by atoms with Crippen LogP contribution in [-0.2, 0) is 4.74 Å². The molecule has 0 saturated carbocycles. The molecule has 1 amide bonds. The molecule has 0 radical (unpaired) electrons. The molecule has 0 atom stereocenters. The van der Waals surface area contributed by atoms with Crippen LogP contribution in [0, 0.1) is 6.92 Å². The number of nitrogens with zero attached hydrogens (tertiary/aromatic N) is 3. The molecule has 7 nitrogen and oxygen atoms in total. The Labute approximate surface area is 164 Å². The molecule has 1 aliphatic rings. The molecule has 0 bridgehead atoms. The lowest BCUT2D eigenvalue weighted by Gasteiger charge is -2.31. The minimum atomic E-state index is -0.235. The van der Waals surface area contributed by atoms with Gasteiger partial charge in [-0.25, -0.2) is 9.78 Å². The van der Waals surface area contributed by atoms with E-state index in [-0.39, 0.29) is 12.1 Å². The number of benzene rings is 1. The third-order valence-corrected chi connectivity index (χ3v) is 4.71. The fourth-order valence-corrected chi connectivity index (χ4v) is 3.15. The number of aryl methyl sites for hydroxylation is 1. The van der Waals surface area contributed by atoms with Crippen molar-refractivity contribution < 1.29 is 9.53 Å². The molecule has 8 heteroatoms. The minimum absolute atomic E-state index is 0.235. The van der Waals surface area contributed by atoms with E-state index in [1.54, 1.807) is 11.1 Å². The Bertz CT molecular complexity index is 793. The summed E-state index contributed by atoms with van der Waals surface area (Å²) in [5, 5.41) is 7.30. The number of piperidine rings is 1. The van der Waals surface area contributed by atoms with Gasteiger partial charge < -0.3 is 20.3 Å². The summed E-state index contributed by atoms with van der Waals surface area (Å²) < 4.78 is 5.05. The lowest BCUT2D eigenvalue weighted by Crippen LogP contribution is -2.42. The van der Waals surface area contributed by atoms with Crippen molar-refractivity contribution in [1.82, 2.24) is 14.9 Å². The SMILES string of the molecule is CCOC(=O)N1CCC(Nc2ccnc(Nc3cc(Cl)ccc3C)n2)CC1. The number of carbonyl (C=O) groups is 1. The van der Waals surface area contributed by atoms with Crippen molar-refractivity contribution in [3.63, 3.8) is 0 Å². The summed E-state index contributed by atoms with van der Waals surface area (Å²) in [6, 6.07) is 7.75. The zero-order chi connectivity index (χ0) is 19.2. The molecule has 2 N–H and O–H groups in total. The second-order valence-corrected chi connectivity index (χ2v) is 6.89. The predicted octanol–water partition coefficient (Wildman–Crippen LogP) is 4.21. The first kappa shape index (κ1) is 19.2. The number of halogens is 1. The van der Waals surface area contributed by atoms with Crippen molar-refractivity contribution in [2.75, 3.05) is 30.3 Å². The molecule has 3 rings (SSSR count). The smallest absolute Gasteiger partial charge is 0.409 e. The summed E-state index contributed by atoms with van der Waals surface area (Å²) in [5.41, 5.74) is 1.94. The molecule has 1 aromatic heterocycles. The summed E-state index contributed by atoms with van der Waals surface area (Å²) >= 11 is 6.07. The van der Waals surface area contributed by atoms with Crippen LogP contribution in [0.5, 0.6) is 0 Å². The van der Waals surface area contributed by atoms with Gasteiger partial charge in [0.05, 0.1) is 6.61 Å². The first-order valence-corrected chi connectivity index (χ1v) is 9.47. The van der Waals surface area contributed by atoms with Gasteiger partial charge in [-0.15, -0.1) is 0 Å². The molecule has 1 aromatic carbocycles. The number of hydrogen-bond donors (Lipinski definition) is 2. The number of hydrogen-bond acceptors (Lipinski definition) is 6. The highest BCUT2D eigenvalue weighted by molar-refractivity contribution is 6.30. The second kappa shape index (κ2) is 8.90. The van der Waals surface area contributed by atoms with Crippen LogP contribution < -0.4 is 10.6 Å². The van der Waals surface area contributed by atoms with Crippen molar-refractivity contribution in [2.45, 2.75) is 32.7 Å². The summed E-state index contributed by atoms with van der Waals surface area (Å²) in [7, 11) is 0. The van der Waals surface area contributed by atoms with Crippen LogP contribution in [0.15, 0.2) is 30.5 Å². The molecule has 0 aliphatic carbocycles. The van der Waals surface area contributed by atoms with Crippen molar-refractivity contribution in [3.05, 3.63) is 41.0 Å². The van der Waals surface area contributed by atoms with Gasteiger partial charge in [0.2, 0.25) is 5.95 Å². The molecule has 2 aromatic rings. The van der Waals surface area contributed by atoms with Crippen LogP contribution in [0.1, 0.15) is 25.3 Å². The summed E-state index contributed by atoms with van der Waals surface area (Å²) in [6.45, 7) is 5.57. The first-order valence-electron chi connectivity index (χ1n) is 9.09. The molecule has 1 fully saturated rings. The average Bonchev–Trinajstić information content (AvgIpc) is 2.66. The van der Waals surface area contributed by atoms with Gasteiger partial charge in [-0.2, -0.15) is 4.98 Å². The third kappa shape index (κ3) is 5.23. The van der Waals surface area contributed by atoms with Crippen molar-refractivity contribution in [1.29, 1.82) is 0 Å². The number of likely N-dealkylation sites (tertiary alicyclic amines) is 1. The quantitative estimate of drug-likeness (QED) is 0.797. The average molecular weight is 390 g/mol. The highest BCUT2D eigenvalue weighted by atomic mass is 35.5. The van der Waals surface area contributed by atoms with Gasteiger partial charge in [0, 0.05) is 36.0 Å². The molecule has 0 unspecified atom stereocenters. The van der Waals surface area contributed by atoms with Crippen LogP contribution in [0.4, 0.5) is 22.2 Å². The number of ether oxygens (including phenoxy) is 1. The molecule has 2 heterocycles. The summed E-state index contributed by atoms with van der Waals surface area (Å²) in [4.78, 5) is 22.3. The van der Waals surface area contributed by atoms with E-state index in [1.807, 2.05) is 38.1 Å². The number of amides is 1. The highest BCUT2D eigenvalue weighted by Gasteiger charge is 2.23. The normalized spacial score (nSPS) is 14.7. The molecule has 1 saturated heterocycles. The van der Waals surface area contributed by atoms with Crippen LogP contribution in [0.2, 0.25) is 5.02 Å². The van der Waals surface area contributed by atoms with Gasteiger partial charge in [0.25, 0.3) is 0 Å². The maximum Gasteiger partial charge on any atom is 0.409 e. The van der Waals surface area contributed by atoms with E-state index in [2.05, 4.69) is 20.6 Å². The Morgan fingerprint density at radius 3 is 2.85 bits per heavy atom. The van der Waals surface area contributed by atoms with E-state index in [0.29, 0.717) is 30.7 Å². The summed E-state index contributed by atoms with van der Waals surface area (Å²) in [5.74, 6) is 1.26. The molecule has 1 aliphatic heterocycles. The number of nitrogens with one attached hydrogen (secondary N) is 2. The van der Waals surface area contributed by atoms with Crippen LogP contribution in [0.3, 0.4) is 0 Å². The topological polar surface area (TPSA) is 79.4 Å². The van der Waals surface area contributed by atoms with Crippen LogP contribution >= 0.6 is 11.6 Å². The third-order valence-electron chi connectivity index (χ3n) is 4.47. The number of anilines is 3. The van der Waals surface area contributed by atoms with Crippen LogP contribution in [0.25, 0.3) is 0 Å². The minimum Gasteiger partial charge on any atom is -0.450 e. The first-order chi connectivity index (χ1) is 13.0. The number of carbonyl (C=O) groups excluding carboxylic acids is 1. The predicted molar refractivity (Wildman–Crippen MR) is 107 cm³/mol. The van der Waals surface area contributed by atoms with E-state index in [4.69, 9.17) is 16.3 Å². The van der Waals surface area contributed by atoms with Gasteiger partial charge >= 0.3 is 6.09 Å². The van der Waals surface area contributed by atoms with Crippen molar-refractivity contribution in [3.8, 4) is 0 Å². The van der Waals surface area contributed by atoms with Gasteiger partial charge in [0.15, 0.2) is 0 Å². The molecule has 0 spiro atoms. The van der Waals surface area contributed by atoms with E-state index >= 15 is 0 Å². The summed E-state index contributed by atoms with van der Waals surface area (Å²) in [6.07, 6.45) is 3.17. The molecular weight excluding hydrogens is 366 g/mol. The van der Waals surface area contributed by atoms with E-state index < -0.39 is 0 Å². The van der Waals surface area contributed by atoms with Gasteiger partial charge in [-0.3, -0.25) is 0 Å². The largest absolute Gasteiger partial charge is 0.450 e. The van der Waals surface area contributed by atoms with E-state index in [9.17, 15) is 4.79 Å². The zero-order valence-corrected chi connectivity index (χ0v) is 16.3. The highest BCUT2D eigenvalue weighted by Crippen LogP contribution is 2.23. The Hall–Kier alpha value is -2.54. The molecular formula is C19H24ClN5O2. The van der Waals surface area contributed by atoms with Crippen molar-refractivity contribution in [2.24, 2.45) is 0 Å². The fourth-order valence-electron chi connectivity index (χ4n) is 2.98. The standard InChI is InChI=1S/C19H24ClN5O2/c1-3-27-19(26)25-10-7-15(8-11-25)22-17-6-9-21-18(24-17)23-16-12-14(20)5-4-13(16)2/h4-6,9,12,15H,3,7-8,10-11H2,1-2H3,(H2,21,22,23,24). The fraction of sp³-hybridized carbons (Fsp3) is 0.421. The van der Waals surface area contributed by atoms with E-state index in [0.717, 1.165) is 29.9 Å². The number of rotatable bonds is 5. The van der Waals surface area contributed by atoms with Crippen LogP contribution in [-0.4, -0.2) is 46.7 Å². The van der Waals surface area contributed by atoms with Gasteiger partial charge in [-0.05, 0) is 50.5 Å². The lowest BCUT2D eigenvalue weighted by molar-refractivity contribution is 0.0983. The molecule has 27 heavy (non-hydrogen) atoms. The Kier molecular flexibility index (Phi) is 6.34. The Morgan fingerprint density at radius 2 is 2.11 bits per heavy atom. The molecule has 144 valence electrons. The second-order valence-electron chi connectivity index (χ2n) is 6.45. The Morgan fingerprint density at radius 1 is 1.33 bits per heavy atom. The van der Waals surface area contributed by atoms with Crippen molar-refractivity contribution >= 4 is 35.1 Å². The van der Waals surface area contributed by atoms with Gasteiger partial charge in [0.1, 0.15) is 5.82 Å². The lowest BCUT2D eigenvalue weighted by atomic mass is 10.1. The maximum atomic E-state index is 11.8. The number of aromatic nitrogens is 2. The van der Waals surface area contributed by atoms with E-state index in [1.165, 1.54) is 0 Å². The maximum absolute atomic E-state index is 11.8. The Balaban J connectivity index is 1.58. The zero-order valence-electron chi connectivity index (χ0n) is 15.5. The van der Waals surface area contributed by atoms with Gasteiger partial charge in [-0.1, -0.05) is 17.7 Å². The monoisotopic (exact) mass is 389 g/mol.